The van der Waals surface area contributed by atoms with E-state index in [4.69, 9.17) is 4.74 Å². The fourth-order valence-corrected chi connectivity index (χ4v) is 2.41. The first-order valence-electron chi connectivity index (χ1n) is 7.07. The van der Waals surface area contributed by atoms with Crippen LogP contribution in [0.2, 0.25) is 0 Å². The predicted molar refractivity (Wildman–Crippen MR) is 86.8 cm³/mol. The number of carbonyl (C=O) groups excluding carboxylic acids is 1. The van der Waals surface area contributed by atoms with Gasteiger partial charge in [-0.2, -0.15) is 0 Å². The minimum atomic E-state index is -0.0252. The van der Waals surface area contributed by atoms with Gasteiger partial charge in [0.1, 0.15) is 0 Å². The van der Waals surface area contributed by atoms with Gasteiger partial charge in [-0.25, -0.2) is 4.98 Å². The maximum atomic E-state index is 11.7. The summed E-state index contributed by atoms with van der Waals surface area (Å²) in [6, 6.07) is 8.04. The Labute approximate surface area is 134 Å². The molecule has 0 saturated heterocycles. The number of carbonyl (C=O) groups is 1. The summed E-state index contributed by atoms with van der Waals surface area (Å²) >= 11 is 1.31. The van der Waals surface area contributed by atoms with Crippen LogP contribution in [0.25, 0.3) is 11.4 Å². The number of nitrogens with one attached hydrogen (secondary N) is 2. The standard InChI is InChI=1S/C15H20N4O2S/c1-11-4-6-12(7-5-11)14-17-15(19-18-14)22-10-13(20)16-8-3-9-21-2/h4-7H,3,8-10H2,1-2H3,(H,16,20)(H,17,18,19). The Hall–Kier alpha value is -1.86. The molecule has 2 aromatic rings. The third-order valence-corrected chi connectivity index (χ3v) is 3.82. The van der Waals surface area contributed by atoms with Gasteiger partial charge in [-0.05, 0) is 13.3 Å². The molecule has 22 heavy (non-hydrogen) atoms. The molecule has 0 aliphatic heterocycles. The largest absolute Gasteiger partial charge is 0.385 e. The molecular weight excluding hydrogens is 300 g/mol. The first-order chi connectivity index (χ1) is 10.7. The van der Waals surface area contributed by atoms with Crippen LogP contribution in [0.1, 0.15) is 12.0 Å². The highest BCUT2D eigenvalue weighted by Gasteiger charge is 2.08. The molecule has 7 heteroatoms. The number of aromatic nitrogens is 3. The van der Waals surface area contributed by atoms with E-state index in [1.807, 2.05) is 31.2 Å². The smallest absolute Gasteiger partial charge is 0.230 e. The summed E-state index contributed by atoms with van der Waals surface area (Å²) in [5.74, 6) is 0.990. The van der Waals surface area contributed by atoms with Crippen LogP contribution in [0.15, 0.2) is 29.4 Å². The number of aromatic amines is 1. The van der Waals surface area contributed by atoms with E-state index in [2.05, 4.69) is 20.5 Å². The third-order valence-electron chi connectivity index (χ3n) is 2.97. The lowest BCUT2D eigenvalue weighted by molar-refractivity contribution is -0.118. The number of nitrogens with zero attached hydrogens (tertiary/aromatic N) is 2. The highest BCUT2D eigenvalue weighted by molar-refractivity contribution is 7.99. The summed E-state index contributed by atoms with van der Waals surface area (Å²) in [5, 5.41) is 10.4. The van der Waals surface area contributed by atoms with Crippen molar-refractivity contribution >= 4 is 17.7 Å². The molecule has 1 heterocycles. The normalized spacial score (nSPS) is 10.6. The van der Waals surface area contributed by atoms with Crippen molar-refractivity contribution in [3.05, 3.63) is 29.8 Å². The number of amides is 1. The first-order valence-corrected chi connectivity index (χ1v) is 8.05. The van der Waals surface area contributed by atoms with Crippen molar-refractivity contribution in [1.29, 1.82) is 0 Å². The zero-order valence-corrected chi connectivity index (χ0v) is 13.6. The Morgan fingerprint density at radius 2 is 2.14 bits per heavy atom. The van der Waals surface area contributed by atoms with E-state index < -0.39 is 0 Å². The lowest BCUT2D eigenvalue weighted by Crippen LogP contribution is -2.26. The molecule has 2 rings (SSSR count). The van der Waals surface area contributed by atoms with Crippen LogP contribution in [0.3, 0.4) is 0 Å². The highest BCUT2D eigenvalue weighted by atomic mass is 32.2. The van der Waals surface area contributed by atoms with Crippen molar-refractivity contribution in [2.45, 2.75) is 18.5 Å². The average Bonchev–Trinajstić information content (AvgIpc) is 2.99. The van der Waals surface area contributed by atoms with Crippen molar-refractivity contribution in [3.63, 3.8) is 0 Å². The fourth-order valence-electron chi connectivity index (χ4n) is 1.78. The minimum Gasteiger partial charge on any atom is -0.385 e. The van der Waals surface area contributed by atoms with E-state index >= 15 is 0 Å². The molecule has 0 radical (unpaired) electrons. The van der Waals surface area contributed by atoms with Crippen molar-refractivity contribution in [2.75, 3.05) is 26.0 Å². The van der Waals surface area contributed by atoms with Gasteiger partial charge in [0.25, 0.3) is 0 Å². The van der Waals surface area contributed by atoms with E-state index in [1.165, 1.54) is 17.3 Å². The summed E-state index contributed by atoms with van der Waals surface area (Å²) in [5.41, 5.74) is 2.18. The number of ether oxygens (including phenoxy) is 1. The van der Waals surface area contributed by atoms with Gasteiger partial charge in [-0.1, -0.05) is 41.6 Å². The Bertz CT molecular complexity index is 598. The molecule has 0 aliphatic carbocycles. The number of hydrogen-bond donors (Lipinski definition) is 2. The van der Waals surface area contributed by atoms with Crippen LogP contribution in [-0.2, 0) is 9.53 Å². The van der Waals surface area contributed by atoms with Crippen LogP contribution in [0.4, 0.5) is 0 Å². The lowest BCUT2D eigenvalue weighted by Gasteiger charge is -2.02. The molecule has 0 unspecified atom stereocenters. The SMILES string of the molecule is COCCCNC(=O)CSc1n[nH]c(-c2ccc(C)cc2)n1. The van der Waals surface area contributed by atoms with E-state index in [9.17, 15) is 4.79 Å². The molecule has 0 spiro atoms. The van der Waals surface area contributed by atoms with E-state index in [0.29, 0.717) is 29.9 Å². The summed E-state index contributed by atoms with van der Waals surface area (Å²) in [7, 11) is 1.65. The number of aryl methyl sites for hydroxylation is 1. The van der Waals surface area contributed by atoms with Crippen LogP contribution >= 0.6 is 11.8 Å². The van der Waals surface area contributed by atoms with Crippen molar-refractivity contribution in [1.82, 2.24) is 20.5 Å². The van der Waals surface area contributed by atoms with Crippen LogP contribution in [0.5, 0.6) is 0 Å². The second-order valence-corrected chi connectivity index (χ2v) is 5.76. The summed E-state index contributed by atoms with van der Waals surface area (Å²) in [4.78, 5) is 16.0. The summed E-state index contributed by atoms with van der Waals surface area (Å²) < 4.78 is 4.92. The monoisotopic (exact) mass is 320 g/mol. The van der Waals surface area contributed by atoms with Crippen molar-refractivity contribution in [3.8, 4) is 11.4 Å². The maximum absolute atomic E-state index is 11.7. The molecule has 0 fully saturated rings. The lowest BCUT2D eigenvalue weighted by atomic mass is 10.1. The molecule has 0 aliphatic rings. The second-order valence-electron chi connectivity index (χ2n) is 4.82. The van der Waals surface area contributed by atoms with Gasteiger partial charge in [-0.3, -0.25) is 9.89 Å². The number of benzene rings is 1. The van der Waals surface area contributed by atoms with E-state index in [0.717, 1.165) is 12.0 Å². The molecule has 0 atom stereocenters. The predicted octanol–water partition coefficient (Wildman–Crippen LogP) is 2.02. The number of rotatable bonds is 8. The Kier molecular flexibility index (Phi) is 6.42. The van der Waals surface area contributed by atoms with Crippen LogP contribution in [-0.4, -0.2) is 47.1 Å². The van der Waals surface area contributed by atoms with Gasteiger partial charge in [0.15, 0.2) is 5.82 Å². The Morgan fingerprint density at radius 1 is 1.36 bits per heavy atom. The molecular formula is C15H20N4O2S. The number of methoxy groups -OCH3 is 1. The topological polar surface area (TPSA) is 79.9 Å². The van der Waals surface area contributed by atoms with Crippen molar-refractivity contribution < 1.29 is 9.53 Å². The Morgan fingerprint density at radius 3 is 2.86 bits per heavy atom. The number of H-pyrrole nitrogens is 1. The summed E-state index contributed by atoms with van der Waals surface area (Å²) in [6.45, 7) is 3.31. The van der Waals surface area contributed by atoms with Gasteiger partial charge in [0.05, 0.1) is 5.75 Å². The average molecular weight is 320 g/mol. The molecule has 0 bridgehead atoms. The van der Waals surface area contributed by atoms with Gasteiger partial charge in [-0.15, -0.1) is 5.10 Å². The molecule has 1 aromatic heterocycles. The quantitative estimate of drug-likeness (QED) is 0.574. The number of thioether (sulfide) groups is 1. The van der Waals surface area contributed by atoms with E-state index in [1.54, 1.807) is 7.11 Å². The maximum Gasteiger partial charge on any atom is 0.230 e. The number of hydrogen-bond acceptors (Lipinski definition) is 5. The second kappa shape index (κ2) is 8.55. The molecule has 2 N–H and O–H groups in total. The molecule has 118 valence electrons. The van der Waals surface area contributed by atoms with Crippen LogP contribution < -0.4 is 5.32 Å². The van der Waals surface area contributed by atoms with Gasteiger partial charge < -0.3 is 10.1 Å². The minimum absolute atomic E-state index is 0.0252. The van der Waals surface area contributed by atoms with Gasteiger partial charge in [0.2, 0.25) is 11.1 Å². The molecule has 1 aromatic carbocycles. The van der Waals surface area contributed by atoms with Gasteiger partial charge in [0, 0.05) is 25.8 Å². The summed E-state index contributed by atoms with van der Waals surface area (Å²) in [6.07, 6.45) is 0.811. The van der Waals surface area contributed by atoms with Gasteiger partial charge >= 0.3 is 0 Å². The fraction of sp³-hybridized carbons (Fsp3) is 0.400. The molecule has 1 amide bonds. The highest BCUT2D eigenvalue weighted by Crippen LogP contribution is 2.19. The van der Waals surface area contributed by atoms with E-state index in [-0.39, 0.29) is 5.91 Å². The first kappa shape index (κ1) is 16.5. The van der Waals surface area contributed by atoms with Crippen LogP contribution in [0, 0.1) is 6.92 Å². The zero-order valence-electron chi connectivity index (χ0n) is 12.8. The van der Waals surface area contributed by atoms with Crippen molar-refractivity contribution in [2.24, 2.45) is 0 Å². The third kappa shape index (κ3) is 5.16. The molecule has 0 saturated carbocycles. The molecule has 6 nitrogen and oxygen atoms in total. The Balaban J connectivity index is 1.79. The zero-order chi connectivity index (χ0) is 15.8.